The van der Waals surface area contributed by atoms with Crippen LogP contribution in [0.25, 0.3) is 0 Å². The summed E-state index contributed by atoms with van der Waals surface area (Å²) in [7, 11) is 0. The Morgan fingerprint density at radius 2 is 1.85 bits per heavy atom. The van der Waals surface area contributed by atoms with Gasteiger partial charge >= 0.3 is 63.2 Å². The second-order valence-corrected chi connectivity index (χ2v) is 7.41. The molecule has 0 unspecified atom stereocenters. The minimum atomic E-state index is -1.25. The van der Waals surface area contributed by atoms with Gasteiger partial charge in [0.15, 0.2) is 0 Å². The second kappa shape index (κ2) is 11.2. The Labute approximate surface area is 230 Å². The molecule has 3 rings (SSSR count). The zero-order valence-corrected chi connectivity index (χ0v) is 17.5. The van der Waals surface area contributed by atoms with Crippen molar-refractivity contribution in [2.24, 2.45) is 0 Å². The predicted molar refractivity (Wildman–Crippen MR) is 115 cm³/mol. The van der Waals surface area contributed by atoms with Crippen molar-refractivity contribution in [2.75, 3.05) is 0 Å². The van der Waals surface area contributed by atoms with Crippen LogP contribution >= 0.6 is 0 Å². The van der Waals surface area contributed by atoms with Crippen molar-refractivity contribution in [3.8, 4) is 0 Å². The molecular formula is C20H22FKN6O5. The summed E-state index contributed by atoms with van der Waals surface area (Å²) in [4.78, 5) is 44.2. The van der Waals surface area contributed by atoms with E-state index in [1.165, 1.54) is 31.2 Å². The maximum absolute atomic E-state index is 13.0. The molecule has 2 aromatic heterocycles. The van der Waals surface area contributed by atoms with Gasteiger partial charge in [0.05, 0.1) is 17.7 Å². The molecule has 0 aliphatic carbocycles. The van der Waals surface area contributed by atoms with Gasteiger partial charge in [-0.15, -0.1) is 10.2 Å². The molecular weight excluding hydrogens is 462 g/mol. The van der Waals surface area contributed by atoms with Crippen LogP contribution in [0.5, 0.6) is 0 Å². The molecule has 3 aromatic rings. The van der Waals surface area contributed by atoms with Crippen LogP contribution in [0.4, 0.5) is 4.39 Å². The van der Waals surface area contributed by atoms with Crippen molar-refractivity contribution < 1.29 is 23.5 Å². The van der Waals surface area contributed by atoms with Gasteiger partial charge in [-0.1, -0.05) is 12.1 Å². The van der Waals surface area contributed by atoms with Crippen molar-refractivity contribution in [3.05, 3.63) is 74.9 Å². The Bertz CT molecular complexity index is 1210. The third kappa shape index (κ3) is 6.62. The molecule has 33 heavy (non-hydrogen) atoms. The standard InChI is InChI=1S/C20H21FN6O5.K.H/c1-10-26-27-18(32-10)17(31)25-20(2,3)19-23-14(13(9-28)15(29)24-19)16(30)22-8-11-4-6-12(21)7-5-11;;/h4-7,28H,8-9H2,1-3H3,(H,22,30)(H,25,31)(H,23,24,29);;. The van der Waals surface area contributed by atoms with E-state index >= 15 is 0 Å². The quantitative estimate of drug-likeness (QED) is 0.342. The minimum absolute atomic E-state index is 0. The number of aliphatic hydroxyl groups excluding tert-OH is 1. The number of carbonyl (C=O) groups is 2. The number of carbonyl (C=O) groups excluding carboxylic acids is 2. The normalized spacial score (nSPS) is 10.9. The summed E-state index contributed by atoms with van der Waals surface area (Å²) in [5.74, 6) is -1.94. The van der Waals surface area contributed by atoms with Gasteiger partial charge in [0.1, 0.15) is 17.3 Å². The molecule has 4 N–H and O–H groups in total. The van der Waals surface area contributed by atoms with Gasteiger partial charge in [-0.05, 0) is 31.5 Å². The van der Waals surface area contributed by atoms with Crippen molar-refractivity contribution in [2.45, 2.75) is 39.5 Å². The first-order valence-corrected chi connectivity index (χ1v) is 9.50. The summed E-state index contributed by atoms with van der Waals surface area (Å²) < 4.78 is 18.1. The number of aryl methyl sites for hydroxylation is 1. The summed E-state index contributed by atoms with van der Waals surface area (Å²) in [5.41, 5.74) is -1.90. The molecule has 0 fully saturated rings. The number of aliphatic hydroxyl groups is 1. The monoisotopic (exact) mass is 484 g/mol. The Hall–Kier alpha value is -2.29. The Morgan fingerprint density at radius 3 is 2.42 bits per heavy atom. The first-order chi connectivity index (χ1) is 15.1. The number of aromatic nitrogens is 4. The van der Waals surface area contributed by atoms with Crippen molar-refractivity contribution in [1.29, 1.82) is 0 Å². The van der Waals surface area contributed by atoms with Crippen LogP contribution < -0.4 is 16.2 Å². The molecule has 0 spiro atoms. The van der Waals surface area contributed by atoms with Crippen LogP contribution in [0, 0.1) is 12.7 Å². The molecule has 11 nitrogen and oxygen atoms in total. The molecule has 0 aliphatic rings. The van der Waals surface area contributed by atoms with E-state index in [1.807, 2.05) is 0 Å². The predicted octanol–water partition coefficient (Wildman–Crippen LogP) is 0.0393. The zero-order valence-electron chi connectivity index (χ0n) is 17.5. The average molecular weight is 485 g/mol. The van der Waals surface area contributed by atoms with E-state index in [1.54, 1.807) is 13.8 Å². The van der Waals surface area contributed by atoms with Crippen LogP contribution in [0.1, 0.15) is 57.9 Å². The first-order valence-electron chi connectivity index (χ1n) is 9.50. The molecule has 2 amide bonds. The topological polar surface area (TPSA) is 163 Å². The van der Waals surface area contributed by atoms with E-state index in [0.29, 0.717) is 5.56 Å². The third-order valence-electron chi connectivity index (χ3n) is 4.49. The molecule has 0 bridgehead atoms. The van der Waals surface area contributed by atoms with E-state index in [2.05, 4.69) is 30.8 Å². The fourth-order valence-electron chi connectivity index (χ4n) is 2.78. The Kier molecular flexibility index (Phi) is 9.17. The number of hydrogen-bond donors (Lipinski definition) is 4. The number of rotatable bonds is 7. The van der Waals surface area contributed by atoms with Gasteiger partial charge < -0.3 is 25.1 Å². The number of H-pyrrole nitrogens is 1. The number of nitrogens with one attached hydrogen (secondary N) is 3. The molecule has 1 aromatic carbocycles. The second-order valence-electron chi connectivity index (χ2n) is 7.41. The number of nitrogens with zero attached hydrogens (tertiary/aromatic N) is 3. The van der Waals surface area contributed by atoms with E-state index < -0.39 is 35.3 Å². The van der Waals surface area contributed by atoms with Gasteiger partial charge in [0.2, 0.25) is 5.89 Å². The number of hydrogen-bond acceptors (Lipinski definition) is 8. The van der Waals surface area contributed by atoms with Gasteiger partial charge in [-0.3, -0.25) is 14.4 Å². The molecule has 2 heterocycles. The number of halogens is 1. The number of benzene rings is 1. The summed E-state index contributed by atoms with van der Waals surface area (Å²) >= 11 is 0. The molecule has 0 aliphatic heterocycles. The summed E-state index contributed by atoms with van der Waals surface area (Å²) in [5, 5.41) is 22.0. The molecule has 0 saturated carbocycles. The van der Waals surface area contributed by atoms with Gasteiger partial charge in [0, 0.05) is 13.5 Å². The fourth-order valence-corrected chi connectivity index (χ4v) is 2.78. The van der Waals surface area contributed by atoms with Gasteiger partial charge in [-0.25, -0.2) is 9.37 Å². The molecule has 0 radical (unpaired) electrons. The average Bonchev–Trinajstić information content (AvgIpc) is 3.18. The summed E-state index contributed by atoms with van der Waals surface area (Å²) in [6, 6.07) is 5.49. The number of amides is 2. The maximum atomic E-state index is 13.0. The molecule has 13 heteroatoms. The Morgan fingerprint density at radius 1 is 1.18 bits per heavy atom. The van der Waals surface area contributed by atoms with E-state index in [-0.39, 0.29) is 86.8 Å². The van der Waals surface area contributed by atoms with Crippen molar-refractivity contribution >= 4 is 63.2 Å². The van der Waals surface area contributed by atoms with Crippen LogP contribution in [0.3, 0.4) is 0 Å². The third-order valence-corrected chi connectivity index (χ3v) is 4.49. The van der Waals surface area contributed by atoms with Crippen molar-refractivity contribution in [1.82, 2.24) is 30.8 Å². The van der Waals surface area contributed by atoms with Gasteiger partial charge in [0.25, 0.3) is 11.5 Å². The van der Waals surface area contributed by atoms with Crippen molar-refractivity contribution in [3.63, 3.8) is 0 Å². The summed E-state index contributed by atoms with van der Waals surface area (Å²) in [6.07, 6.45) is 0. The van der Waals surface area contributed by atoms with E-state index in [9.17, 15) is 23.9 Å². The fraction of sp³-hybridized carbons (Fsp3) is 0.300. The number of aromatic amines is 1. The van der Waals surface area contributed by atoms with E-state index in [0.717, 1.165) is 0 Å². The Balaban J connectivity index is 0.00000385. The van der Waals surface area contributed by atoms with Crippen LogP contribution in [0.2, 0.25) is 0 Å². The van der Waals surface area contributed by atoms with E-state index in [4.69, 9.17) is 4.42 Å². The zero-order chi connectivity index (χ0) is 23.5. The molecule has 170 valence electrons. The first kappa shape index (κ1) is 27.0. The van der Waals surface area contributed by atoms with Gasteiger partial charge in [-0.2, -0.15) is 0 Å². The van der Waals surface area contributed by atoms with Crippen LogP contribution in [-0.4, -0.2) is 88.5 Å². The van der Waals surface area contributed by atoms with Crippen LogP contribution in [-0.2, 0) is 18.7 Å². The summed E-state index contributed by atoms with van der Waals surface area (Å²) in [6.45, 7) is 3.94. The molecule has 0 saturated heterocycles. The van der Waals surface area contributed by atoms with Crippen LogP contribution in [0.15, 0.2) is 33.5 Å². The molecule has 0 atom stereocenters. The SMILES string of the molecule is Cc1nnc(C(=O)NC(C)(C)c2nc(C(=O)NCc3ccc(F)cc3)c(CO)c(=O)[nH]2)o1.[KH].